The summed E-state index contributed by atoms with van der Waals surface area (Å²) < 4.78 is 1.71. The molecule has 0 spiro atoms. The average Bonchev–Trinajstić information content (AvgIpc) is 2.98. The molecular weight excluding hydrogens is 322 g/mol. The Labute approximate surface area is 143 Å². The van der Waals surface area contributed by atoms with Crippen molar-refractivity contribution in [3.05, 3.63) is 74.8 Å². The number of fused-ring (bicyclic) bond motifs is 2. The van der Waals surface area contributed by atoms with Crippen molar-refractivity contribution in [2.45, 2.75) is 13.0 Å². The molecule has 0 radical (unpaired) electrons. The van der Waals surface area contributed by atoms with Crippen LogP contribution in [0.4, 0.5) is 0 Å². The number of rotatable bonds is 1. The van der Waals surface area contributed by atoms with Crippen LogP contribution in [0.5, 0.6) is 0 Å². The number of nitrogens with zero attached hydrogens (tertiary/aromatic N) is 3. The van der Waals surface area contributed by atoms with Gasteiger partial charge in [0.2, 0.25) is 0 Å². The fraction of sp³-hybridized carbons (Fsp3) is 0.105. The summed E-state index contributed by atoms with van der Waals surface area (Å²) in [4.78, 5) is 17.3. The molecule has 0 unspecified atom stereocenters. The van der Waals surface area contributed by atoms with Crippen molar-refractivity contribution < 1.29 is 0 Å². The summed E-state index contributed by atoms with van der Waals surface area (Å²) in [7, 11) is 0. The highest BCUT2D eigenvalue weighted by Crippen LogP contribution is 2.28. The van der Waals surface area contributed by atoms with Crippen LogP contribution in [0, 0.1) is 11.3 Å². The molecule has 1 aromatic heterocycles. The molecule has 2 aromatic carbocycles. The molecule has 0 aliphatic carbocycles. The third-order valence-electron chi connectivity index (χ3n) is 4.19. The van der Waals surface area contributed by atoms with Crippen LogP contribution in [0.3, 0.4) is 0 Å². The molecule has 5 heteroatoms. The highest BCUT2D eigenvalue weighted by atomic mass is 35.5. The van der Waals surface area contributed by atoms with E-state index in [1.165, 1.54) is 0 Å². The van der Waals surface area contributed by atoms with Crippen molar-refractivity contribution in [1.82, 2.24) is 9.55 Å². The third kappa shape index (κ3) is 2.40. The van der Waals surface area contributed by atoms with Gasteiger partial charge in [0.1, 0.15) is 5.82 Å². The topological polar surface area (TPSA) is 58.7 Å². The highest BCUT2D eigenvalue weighted by Gasteiger charge is 2.20. The van der Waals surface area contributed by atoms with E-state index in [1.807, 2.05) is 18.2 Å². The Morgan fingerprint density at radius 3 is 2.75 bits per heavy atom. The summed E-state index contributed by atoms with van der Waals surface area (Å²) >= 11 is 6.03. The van der Waals surface area contributed by atoms with E-state index in [1.54, 1.807) is 34.9 Å². The van der Waals surface area contributed by atoms with Crippen molar-refractivity contribution in [3.63, 3.8) is 0 Å². The summed E-state index contributed by atoms with van der Waals surface area (Å²) in [6, 6.07) is 14.6. The SMILES string of the molecule is N#Cc1ccc(/C=C2\CCn3c2nc2cc(Cl)ccc2c3=O)cc1. The predicted molar refractivity (Wildman–Crippen MR) is 94.7 cm³/mol. The highest BCUT2D eigenvalue weighted by molar-refractivity contribution is 6.31. The number of hydrogen-bond acceptors (Lipinski definition) is 3. The van der Waals surface area contributed by atoms with Crippen molar-refractivity contribution in [1.29, 1.82) is 5.26 Å². The van der Waals surface area contributed by atoms with Crippen LogP contribution in [0.25, 0.3) is 22.6 Å². The summed E-state index contributed by atoms with van der Waals surface area (Å²) in [6.45, 7) is 0.627. The number of allylic oxidation sites excluding steroid dienone is 1. The standard InChI is InChI=1S/C19H12ClN3O/c20-15-5-6-16-17(10-15)22-18-14(7-8-23(18)19(16)24)9-12-1-3-13(11-21)4-2-12/h1-6,9-10H,7-8H2/b14-9+. The third-order valence-corrected chi connectivity index (χ3v) is 4.43. The van der Waals surface area contributed by atoms with E-state index >= 15 is 0 Å². The Morgan fingerprint density at radius 2 is 2.00 bits per heavy atom. The molecule has 0 saturated heterocycles. The van der Waals surface area contributed by atoms with Crippen LogP contribution >= 0.6 is 11.6 Å². The molecule has 0 saturated carbocycles. The molecule has 0 amide bonds. The van der Waals surface area contributed by atoms with Gasteiger partial charge in [0.15, 0.2) is 0 Å². The largest absolute Gasteiger partial charge is 0.292 e. The average molecular weight is 334 g/mol. The van der Waals surface area contributed by atoms with Crippen LogP contribution in [0.15, 0.2) is 47.3 Å². The van der Waals surface area contributed by atoms with E-state index < -0.39 is 0 Å². The molecule has 116 valence electrons. The zero-order valence-corrected chi connectivity index (χ0v) is 13.4. The van der Waals surface area contributed by atoms with E-state index in [-0.39, 0.29) is 5.56 Å². The molecule has 24 heavy (non-hydrogen) atoms. The maximum absolute atomic E-state index is 12.6. The molecule has 2 heterocycles. The maximum Gasteiger partial charge on any atom is 0.261 e. The van der Waals surface area contributed by atoms with Gasteiger partial charge in [-0.1, -0.05) is 23.7 Å². The quantitative estimate of drug-likeness (QED) is 0.679. The molecule has 0 N–H and O–H groups in total. The second-order valence-electron chi connectivity index (χ2n) is 5.71. The smallest absolute Gasteiger partial charge is 0.261 e. The normalized spacial score (nSPS) is 14.8. The zero-order chi connectivity index (χ0) is 16.7. The molecule has 0 fully saturated rings. The Kier molecular flexibility index (Phi) is 3.44. The summed E-state index contributed by atoms with van der Waals surface area (Å²) in [5.41, 5.74) is 3.21. The van der Waals surface area contributed by atoms with E-state index in [2.05, 4.69) is 11.1 Å². The minimum absolute atomic E-state index is 0.0325. The number of halogens is 1. The van der Waals surface area contributed by atoms with Crippen LogP contribution in [-0.2, 0) is 6.54 Å². The van der Waals surface area contributed by atoms with Gasteiger partial charge in [-0.2, -0.15) is 5.26 Å². The number of aromatic nitrogens is 2. The van der Waals surface area contributed by atoms with Gasteiger partial charge in [-0.25, -0.2) is 4.98 Å². The molecule has 4 nitrogen and oxygen atoms in total. The van der Waals surface area contributed by atoms with Gasteiger partial charge >= 0.3 is 0 Å². The fourth-order valence-corrected chi connectivity index (χ4v) is 3.15. The van der Waals surface area contributed by atoms with Crippen molar-refractivity contribution in [3.8, 4) is 6.07 Å². The van der Waals surface area contributed by atoms with Gasteiger partial charge < -0.3 is 0 Å². The van der Waals surface area contributed by atoms with Gasteiger partial charge in [-0.05, 0) is 54.0 Å². The first-order valence-corrected chi connectivity index (χ1v) is 7.95. The van der Waals surface area contributed by atoms with E-state index in [0.29, 0.717) is 33.9 Å². The van der Waals surface area contributed by atoms with Gasteiger partial charge in [0, 0.05) is 11.6 Å². The van der Waals surface area contributed by atoms with E-state index in [9.17, 15) is 4.79 Å². The first-order chi connectivity index (χ1) is 11.7. The number of nitriles is 1. The van der Waals surface area contributed by atoms with Gasteiger partial charge in [-0.15, -0.1) is 0 Å². The van der Waals surface area contributed by atoms with Crippen LogP contribution in [0.2, 0.25) is 5.02 Å². The molecule has 4 rings (SSSR count). The first kappa shape index (κ1) is 14.7. The Bertz CT molecular complexity index is 1090. The maximum atomic E-state index is 12.6. The summed E-state index contributed by atoms with van der Waals surface area (Å²) in [6.07, 6.45) is 2.77. The molecule has 3 aromatic rings. The lowest BCUT2D eigenvalue weighted by atomic mass is 10.1. The van der Waals surface area contributed by atoms with Gasteiger partial charge in [-0.3, -0.25) is 9.36 Å². The fourth-order valence-electron chi connectivity index (χ4n) is 2.98. The van der Waals surface area contributed by atoms with Gasteiger partial charge in [0.25, 0.3) is 5.56 Å². The lowest BCUT2D eigenvalue weighted by Gasteiger charge is -2.06. The predicted octanol–water partition coefficient (Wildman–Crippen LogP) is 3.87. The molecular formula is C19H12ClN3O. The second kappa shape index (κ2) is 5.63. The molecule has 1 aliphatic heterocycles. The van der Waals surface area contributed by atoms with Crippen molar-refractivity contribution in [2.24, 2.45) is 0 Å². The van der Waals surface area contributed by atoms with Crippen LogP contribution in [0.1, 0.15) is 23.4 Å². The Hall–Kier alpha value is -2.90. The number of hydrogen-bond donors (Lipinski definition) is 0. The lowest BCUT2D eigenvalue weighted by Crippen LogP contribution is -2.20. The van der Waals surface area contributed by atoms with E-state index in [0.717, 1.165) is 17.6 Å². The lowest BCUT2D eigenvalue weighted by molar-refractivity contribution is 0.725. The second-order valence-corrected chi connectivity index (χ2v) is 6.14. The molecule has 1 aliphatic rings. The monoisotopic (exact) mass is 333 g/mol. The van der Waals surface area contributed by atoms with Gasteiger partial charge in [0.05, 0.1) is 22.5 Å². The minimum Gasteiger partial charge on any atom is -0.292 e. The van der Waals surface area contributed by atoms with Crippen LogP contribution in [-0.4, -0.2) is 9.55 Å². The minimum atomic E-state index is -0.0325. The number of benzene rings is 2. The summed E-state index contributed by atoms with van der Waals surface area (Å²) in [5.74, 6) is 0.694. The van der Waals surface area contributed by atoms with Crippen LogP contribution < -0.4 is 5.56 Å². The Balaban J connectivity index is 1.86. The molecule has 0 bridgehead atoms. The van der Waals surface area contributed by atoms with Crippen molar-refractivity contribution in [2.75, 3.05) is 0 Å². The van der Waals surface area contributed by atoms with E-state index in [4.69, 9.17) is 16.9 Å². The molecule has 0 atom stereocenters. The Morgan fingerprint density at radius 1 is 1.21 bits per heavy atom. The zero-order valence-electron chi connectivity index (χ0n) is 12.7. The summed E-state index contributed by atoms with van der Waals surface area (Å²) in [5, 5.41) is 10.0. The van der Waals surface area contributed by atoms with Crippen molar-refractivity contribution >= 4 is 34.2 Å². The first-order valence-electron chi connectivity index (χ1n) is 7.57.